The Bertz CT molecular complexity index is 1000. The molecule has 0 aromatic carbocycles. The Morgan fingerprint density at radius 2 is 1.88 bits per heavy atom. The van der Waals surface area contributed by atoms with Gasteiger partial charge in [0.1, 0.15) is 11.5 Å². The summed E-state index contributed by atoms with van der Waals surface area (Å²) < 4.78 is 11.9. The maximum absolute atomic E-state index is 13.4. The predicted octanol–water partition coefficient (Wildman–Crippen LogP) is 6.30. The van der Waals surface area contributed by atoms with Crippen molar-refractivity contribution in [1.29, 1.82) is 0 Å². The van der Waals surface area contributed by atoms with Gasteiger partial charge in [0, 0.05) is 22.6 Å². The number of cyclic esters (lactones) is 2. The standard InChI is InChI=1S/C28H34O4/c1-3-5-8-22-28-14-11-17(15-20(28)25(29)32-22)18-9-10-19-21(31-26(30)23(19)24(18)28)16-27(4-2)12-6-7-13-27/h8,15-18,24H,3-7,9-14H2,1-2H3. The molecule has 1 saturated heterocycles. The van der Waals surface area contributed by atoms with E-state index >= 15 is 0 Å². The topological polar surface area (TPSA) is 52.6 Å². The molecule has 4 atom stereocenters. The first-order valence-corrected chi connectivity index (χ1v) is 12.9. The van der Waals surface area contributed by atoms with Crippen LogP contribution in [0.3, 0.4) is 0 Å². The highest BCUT2D eigenvalue weighted by atomic mass is 16.5. The van der Waals surface area contributed by atoms with Crippen LogP contribution in [-0.4, -0.2) is 11.9 Å². The van der Waals surface area contributed by atoms with Crippen LogP contribution in [-0.2, 0) is 19.1 Å². The number of allylic oxidation sites excluding steroid dienone is 5. The molecule has 5 aliphatic carbocycles. The first-order valence-electron chi connectivity index (χ1n) is 12.9. The molecule has 170 valence electrons. The lowest BCUT2D eigenvalue weighted by Gasteiger charge is -2.54. The molecule has 2 heterocycles. The fraction of sp³-hybridized carbons (Fsp3) is 0.643. The highest BCUT2D eigenvalue weighted by Gasteiger charge is 2.66. The van der Waals surface area contributed by atoms with Gasteiger partial charge in [-0.1, -0.05) is 39.2 Å². The maximum atomic E-state index is 13.4. The van der Waals surface area contributed by atoms with Gasteiger partial charge in [-0.25, -0.2) is 9.59 Å². The first kappa shape index (κ1) is 20.5. The minimum Gasteiger partial charge on any atom is -0.427 e. The Hall–Kier alpha value is -2.10. The molecule has 0 aromatic rings. The smallest absolute Gasteiger partial charge is 0.340 e. The van der Waals surface area contributed by atoms with Gasteiger partial charge < -0.3 is 9.47 Å². The predicted molar refractivity (Wildman–Crippen MR) is 121 cm³/mol. The lowest BCUT2D eigenvalue weighted by Crippen LogP contribution is -2.50. The number of fused-ring (bicyclic) bond motifs is 1. The van der Waals surface area contributed by atoms with Crippen molar-refractivity contribution in [2.24, 2.45) is 28.6 Å². The number of unbranched alkanes of at least 4 members (excludes halogenated alkanes) is 1. The second-order valence-electron chi connectivity index (χ2n) is 10.9. The van der Waals surface area contributed by atoms with Crippen LogP contribution in [0.1, 0.15) is 84.5 Å². The van der Waals surface area contributed by atoms with E-state index in [0.29, 0.717) is 11.8 Å². The monoisotopic (exact) mass is 434 g/mol. The van der Waals surface area contributed by atoms with Crippen molar-refractivity contribution in [3.05, 3.63) is 46.5 Å². The van der Waals surface area contributed by atoms with Crippen LogP contribution in [0.5, 0.6) is 0 Å². The molecule has 2 bridgehead atoms. The van der Waals surface area contributed by atoms with Crippen molar-refractivity contribution < 1.29 is 19.1 Å². The summed E-state index contributed by atoms with van der Waals surface area (Å²) in [6, 6.07) is 0. The molecule has 0 amide bonds. The number of carbonyl (C=O) groups is 2. The third-order valence-electron chi connectivity index (χ3n) is 9.55. The summed E-state index contributed by atoms with van der Waals surface area (Å²) in [5.41, 5.74) is 2.52. The third kappa shape index (κ3) is 2.61. The molecular weight excluding hydrogens is 400 g/mol. The minimum absolute atomic E-state index is 0.0131. The fourth-order valence-corrected chi connectivity index (χ4v) is 7.92. The molecule has 0 radical (unpaired) electrons. The number of ether oxygens (including phenoxy) is 2. The van der Waals surface area contributed by atoms with Crippen molar-refractivity contribution in [3.8, 4) is 0 Å². The van der Waals surface area contributed by atoms with Gasteiger partial charge in [0.15, 0.2) is 0 Å². The number of esters is 2. The quantitative estimate of drug-likeness (QED) is 0.487. The van der Waals surface area contributed by atoms with Crippen molar-refractivity contribution >= 4 is 11.9 Å². The van der Waals surface area contributed by atoms with Crippen LogP contribution in [0, 0.1) is 28.6 Å². The summed E-state index contributed by atoms with van der Waals surface area (Å²) in [7, 11) is 0. The minimum atomic E-state index is -0.461. The van der Waals surface area contributed by atoms with Crippen LogP contribution >= 0.6 is 0 Å². The van der Waals surface area contributed by atoms with E-state index in [0.717, 1.165) is 73.2 Å². The van der Waals surface area contributed by atoms with Crippen molar-refractivity contribution in [3.63, 3.8) is 0 Å². The zero-order valence-corrected chi connectivity index (χ0v) is 19.4. The van der Waals surface area contributed by atoms with E-state index in [4.69, 9.17) is 9.47 Å². The molecule has 3 fully saturated rings. The zero-order valence-electron chi connectivity index (χ0n) is 19.4. The number of hydrogen-bond acceptors (Lipinski definition) is 4. The summed E-state index contributed by atoms with van der Waals surface area (Å²) in [5.74, 6) is 2.05. The van der Waals surface area contributed by atoms with E-state index in [-0.39, 0.29) is 23.3 Å². The van der Waals surface area contributed by atoms with Crippen molar-refractivity contribution in [1.82, 2.24) is 0 Å². The summed E-state index contributed by atoms with van der Waals surface area (Å²) in [4.78, 5) is 26.3. The third-order valence-corrected chi connectivity index (χ3v) is 9.55. The first-order chi connectivity index (χ1) is 15.5. The molecule has 0 aromatic heterocycles. The average Bonchev–Trinajstić information content (AvgIpc) is 3.49. The molecule has 4 nitrogen and oxygen atoms in total. The number of hydrogen-bond donors (Lipinski definition) is 0. The fourth-order valence-electron chi connectivity index (χ4n) is 7.92. The largest absolute Gasteiger partial charge is 0.427 e. The molecule has 2 saturated carbocycles. The Balaban J connectivity index is 1.49. The van der Waals surface area contributed by atoms with Crippen molar-refractivity contribution in [2.45, 2.75) is 84.5 Å². The maximum Gasteiger partial charge on any atom is 0.340 e. The normalized spacial score (nSPS) is 39.2. The van der Waals surface area contributed by atoms with E-state index < -0.39 is 5.41 Å². The van der Waals surface area contributed by atoms with Gasteiger partial charge in [0.25, 0.3) is 0 Å². The number of rotatable bonds is 4. The molecule has 1 spiro atoms. The summed E-state index contributed by atoms with van der Waals surface area (Å²) in [6.45, 7) is 4.40. The van der Waals surface area contributed by atoms with Crippen LogP contribution in [0.2, 0.25) is 0 Å². The average molecular weight is 435 g/mol. The molecule has 7 aliphatic rings. The Labute approximate surface area is 190 Å². The van der Waals surface area contributed by atoms with Gasteiger partial charge in [-0.15, -0.1) is 0 Å². The van der Waals surface area contributed by atoms with Crippen LogP contribution in [0.15, 0.2) is 46.5 Å². The van der Waals surface area contributed by atoms with Gasteiger partial charge in [-0.3, -0.25) is 0 Å². The van der Waals surface area contributed by atoms with E-state index in [2.05, 4.69) is 32.1 Å². The molecule has 32 heavy (non-hydrogen) atoms. The number of carbonyl (C=O) groups excluding carboxylic acids is 2. The lowest BCUT2D eigenvalue weighted by molar-refractivity contribution is -0.135. The molecule has 4 unspecified atom stereocenters. The Kier molecular flexibility index (Phi) is 4.61. The second kappa shape index (κ2) is 7.20. The van der Waals surface area contributed by atoms with Gasteiger partial charge in [-0.2, -0.15) is 0 Å². The molecule has 2 aliphatic heterocycles. The second-order valence-corrected chi connectivity index (χ2v) is 10.9. The SMILES string of the molecule is CCCC=C1OC(=O)C2=CC3CCC12C1C2=C(CCC31)C(=CC1(CC)CCCC1)OC2=O. The van der Waals surface area contributed by atoms with Crippen LogP contribution in [0.25, 0.3) is 0 Å². The van der Waals surface area contributed by atoms with Gasteiger partial charge in [0.05, 0.1) is 5.41 Å². The summed E-state index contributed by atoms with van der Waals surface area (Å²) >= 11 is 0. The van der Waals surface area contributed by atoms with E-state index in [1.165, 1.54) is 25.7 Å². The highest BCUT2D eigenvalue weighted by Crippen LogP contribution is 2.68. The molecule has 4 heteroatoms. The molecular formula is C28H34O4. The van der Waals surface area contributed by atoms with Crippen molar-refractivity contribution in [2.75, 3.05) is 0 Å². The van der Waals surface area contributed by atoms with Gasteiger partial charge >= 0.3 is 11.9 Å². The van der Waals surface area contributed by atoms with E-state index in [1.54, 1.807) is 0 Å². The van der Waals surface area contributed by atoms with Gasteiger partial charge in [-0.05, 0) is 80.8 Å². The zero-order chi connectivity index (χ0) is 22.1. The summed E-state index contributed by atoms with van der Waals surface area (Å²) in [5, 5.41) is 0. The Morgan fingerprint density at radius 3 is 2.62 bits per heavy atom. The lowest BCUT2D eigenvalue weighted by atomic mass is 9.47. The molecule has 7 rings (SSSR count). The Morgan fingerprint density at radius 1 is 1.06 bits per heavy atom. The van der Waals surface area contributed by atoms with Crippen LogP contribution in [0.4, 0.5) is 0 Å². The van der Waals surface area contributed by atoms with Gasteiger partial charge in [0.2, 0.25) is 0 Å². The van der Waals surface area contributed by atoms with E-state index in [1.807, 2.05) is 0 Å². The highest BCUT2D eigenvalue weighted by molar-refractivity contribution is 5.99. The summed E-state index contributed by atoms with van der Waals surface area (Å²) in [6.07, 6.45) is 18.4. The molecule has 0 N–H and O–H groups in total. The van der Waals surface area contributed by atoms with E-state index in [9.17, 15) is 9.59 Å². The van der Waals surface area contributed by atoms with Crippen LogP contribution < -0.4 is 0 Å².